The highest BCUT2D eigenvalue weighted by molar-refractivity contribution is 14.0. The average molecular weight is 528 g/mol. The van der Waals surface area contributed by atoms with Crippen LogP contribution in [0, 0.1) is 11.3 Å². The Morgan fingerprint density at radius 1 is 1.33 bits per heavy atom. The van der Waals surface area contributed by atoms with Gasteiger partial charge in [0.2, 0.25) is 0 Å². The Kier molecular flexibility index (Phi) is 8.03. The van der Waals surface area contributed by atoms with Gasteiger partial charge >= 0.3 is 0 Å². The van der Waals surface area contributed by atoms with Crippen molar-refractivity contribution in [3.05, 3.63) is 35.4 Å². The molecule has 0 aromatic heterocycles. The highest BCUT2D eigenvalue weighted by Crippen LogP contribution is 2.52. The van der Waals surface area contributed by atoms with E-state index in [1.54, 1.807) is 0 Å². The largest absolute Gasteiger partial charge is 0.390 e. The van der Waals surface area contributed by atoms with Gasteiger partial charge in [-0.05, 0) is 30.9 Å². The Balaban J connectivity index is 0.00000256. The molecule has 4 atom stereocenters. The first kappa shape index (κ1) is 23.8. The lowest BCUT2D eigenvalue weighted by molar-refractivity contribution is -0.106. The van der Waals surface area contributed by atoms with Crippen LogP contribution >= 0.6 is 24.0 Å². The molecule has 168 valence electrons. The van der Waals surface area contributed by atoms with Crippen LogP contribution in [0.25, 0.3) is 0 Å². The van der Waals surface area contributed by atoms with E-state index in [0.717, 1.165) is 45.0 Å². The predicted octanol–water partition coefficient (Wildman–Crippen LogP) is 2.39. The lowest BCUT2D eigenvalue weighted by atomic mass is 9.57. The summed E-state index contributed by atoms with van der Waals surface area (Å²) in [7, 11) is 0. The molecule has 0 radical (unpaired) electrons. The SMILES string of the molecule is CCNC(=NCC(O)CN1CCc2ccccc2C1)NC1C2CCOC2C1(C)C.I. The number of β-amino-alcohol motifs (C(OH)–C–C–N with tert-alkyl or cyclic N) is 1. The standard InChI is InChI=1S/C23H36N4O2.HI/c1-4-24-22(26-20-19-10-12-29-21(19)23(20,2)3)25-13-18(28)15-27-11-9-16-7-5-6-8-17(16)14-27;/h5-8,18-21,28H,4,9-15H2,1-3H3,(H2,24,25,26);1H. The summed E-state index contributed by atoms with van der Waals surface area (Å²) in [6.07, 6.45) is 2.06. The van der Waals surface area contributed by atoms with Crippen molar-refractivity contribution >= 4 is 29.9 Å². The van der Waals surface area contributed by atoms with Gasteiger partial charge in [-0.1, -0.05) is 38.1 Å². The van der Waals surface area contributed by atoms with E-state index >= 15 is 0 Å². The van der Waals surface area contributed by atoms with Crippen LogP contribution < -0.4 is 10.6 Å². The third-order valence-electron chi connectivity index (χ3n) is 6.88. The normalized spacial score (nSPS) is 28.5. The number of nitrogens with zero attached hydrogens (tertiary/aromatic N) is 2. The fourth-order valence-electron chi connectivity index (χ4n) is 5.35. The van der Waals surface area contributed by atoms with Crippen LogP contribution in [0.5, 0.6) is 0 Å². The molecule has 2 heterocycles. The van der Waals surface area contributed by atoms with Crippen LogP contribution in [0.15, 0.2) is 29.3 Å². The molecular formula is C23H37IN4O2. The second-order valence-corrected chi connectivity index (χ2v) is 9.31. The maximum atomic E-state index is 10.6. The van der Waals surface area contributed by atoms with Gasteiger partial charge in [-0.15, -0.1) is 24.0 Å². The molecule has 3 aliphatic rings. The number of hydrogen-bond donors (Lipinski definition) is 3. The summed E-state index contributed by atoms with van der Waals surface area (Å²) >= 11 is 0. The Bertz CT molecular complexity index is 742. The summed E-state index contributed by atoms with van der Waals surface area (Å²) in [6.45, 7) is 11.3. The quantitative estimate of drug-likeness (QED) is 0.301. The minimum Gasteiger partial charge on any atom is -0.390 e. The topological polar surface area (TPSA) is 69.1 Å². The average Bonchev–Trinajstić information content (AvgIpc) is 3.17. The second-order valence-electron chi connectivity index (χ2n) is 9.31. The zero-order valence-electron chi connectivity index (χ0n) is 18.4. The molecule has 7 heteroatoms. The first-order valence-electron chi connectivity index (χ1n) is 11.1. The van der Waals surface area contributed by atoms with Gasteiger partial charge in [-0.2, -0.15) is 0 Å². The van der Waals surface area contributed by atoms with Gasteiger partial charge in [0.25, 0.3) is 0 Å². The van der Waals surface area contributed by atoms with Crippen molar-refractivity contribution in [3.63, 3.8) is 0 Å². The Hall–Kier alpha value is -0.900. The van der Waals surface area contributed by atoms with E-state index in [9.17, 15) is 5.11 Å². The van der Waals surface area contributed by atoms with Crippen molar-refractivity contribution in [2.45, 2.75) is 58.4 Å². The van der Waals surface area contributed by atoms with Gasteiger partial charge in [0.05, 0.1) is 18.8 Å². The summed E-state index contributed by atoms with van der Waals surface area (Å²) in [5.41, 5.74) is 2.93. The maximum Gasteiger partial charge on any atom is 0.191 e. The van der Waals surface area contributed by atoms with Gasteiger partial charge < -0.3 is 20.5 Å². The number of fused-ring (bicyclic) bond motifs is 2. The fraction of sp³-hybridized carbons (Fsp3) is 0.696. The summed E-state index contributed by atoms with van der Waals surface area (Å²) in [5.74, 6) is 1.37. The molecule has 0 bridgehead atoms. The van der Waals surface area contributed by atoms with E-state index in [1.165, 1.54) is 11.1 Å². The van der Waals surface area contributed by atoms with E-state index < -0.39 is 6.10 Å². The molecule has 4 rings (SSSR count). The van der Waals surface area contributed by atoms with Crippen molar-refractivity contribution in [1.29, 1.82) is 0 Å². The molecule has 1 saturated heterocycles. The first-order chi connectivity index (χ1) is 14.0. The zero-order chi connectivity index (χ0) is 20.4. The monoisotopic (exact) mass is 528 g/mol. The third kappa shape index (κ3) is 4.95. The lowest BCUT2D eigenvalue weighted by Gasteiger charge is -2.54. The van der Waals surface area contributed by atoms with Crippen LogP contribution in [-0.2, 0) is 17.7 Å². The minimum absolute atomic E-state index is 0. The Labute approximate surface area is 197 Å². The van der Waals surface area contributed by atoms with Crippen LogP contribution in [0.2, 0.25) is 0 Å². The second kappa shape index (κ2) is 10.1. The molecule has 0 spiro atoms. The molecule has 1 saturated carbocycles. The molecule has 2 aliphatic heterocycles. The van der Waals surface area contributed by atoms with Gasteiger partial charge in [-0.3, -0.25) is 9.89 Å². The predicted molar refractivity (Wildman–Crippen MR) is 131 cm³/mol. The van der Waals surface area contributed by atoms with E-state index in [1.807, 2.05) is 0 Å². The van der Waals surface area contributed by atoms with Crippen molar-refractivity contribution in [3.8, 4) is 0 Å². The molecule has 1 aromatic rings. The molecular weight excluding hydrogens is 491 g/mol. The minimum atomic E-state index is -0.465. The Morgan fingerprint density at radius 2 is 2.10 bits per heavy atom. The molecule has 0 amide bonds. The number of rotatable bonds is 6. The zero-order valence-corrected chi connectivity index (χ0v) is 20.8. The number of ether oxygens (including phenoxy) is 1. The fourth-order valence-corrected chi connectivity index (χ4v) is 5.35. The molecule has 3 N–H and O–H groups in total. The van der Waals surface area contributed by atoms with Crippen LogP contribution in [0.1, 0.15) is 38.3 Å². The summed E-state index contributed by atoms with van der Waals surface area (Å²) < 4.78 is 5.90. The van der Waals surface area contributed by atoms with E-state index in [4.69, 9.17) is 9.73 Å². The number of aliphatic hydroxyl groups is 1. The van der Waals surface area contributed by atoms with Gasteiger partial charge in [0, 0.05) is 50.2 Å². The number of hydrogen-bond acceptors (Lipinski definition) is 4. The van der Waals surface area contributed by atoms with Crippen molar-refractivity contribution < 1.29 is 9.84 Å². The van der Waals surface area contributed by atoms with Crippen LogP contribution in [-0.4, -0.2) is 67.0 Å². The number of guanidine groups is 1. The van der Waals surface area contributed by atoms with Crippen LogP contribution in [0.3, 0.4) is 0 Å². The summed E-state index contributed by atoms with van der Waals surface area (Å²) in [4.78, 5) is 7.03. The van der Waals surface area contributed by atoms with Crippen LogP contribution in [0.4, 0.5) is 0 Å². The highest BCUT2D eigenvalue weighted by atomic mass is 127. The van der Waals surface area contributed by atoms with Gasteiger partial charge in [0.1, 0.15) is 0 Å². The number of aliphatic imine (C=N–C) groups is 1. The first-order valence-corrected chi connectivity index (χ1v) is 11.1. The van der Waals surface area contributed by atoms with E-state index in [2.05, 4.69) is 60.6 Å². The number of benzene rings is 1. The van der Waals surface area contributed by atoms with Gasteiger partial charge in [-0.25, -0.2) is 0 Å². The molecule has 4 unspecified atom stereocenters. The van der Waals surface area contributed by atoms with E-state index in [0.29, 0.717) is 31.2 Å². The summed E-state index contributed by atoms with van der Waals surface area (Å²) in [6, 6.07) is 8.97. The highest BCUT2D eigenvalue weighted by Gasteiger charge is 2.59. The third-order valence-corrected chi connectivity index (χ3v) is 6.88. The maximum absolute atomic E-state index is 10.6. The smallest absolute Gasteiger partial charge is 0.191 e. The molecule has 30 heavy (non-hydrogen) atoms. The summed E-state index contributed by atoms with van der Waals surface area (Å²) in [5, 5.41) is 17.6. The molecule has 1 aliphatic carbocycles. The molecule has 6 nitrogen and oxygen atoms in total. The van der Waals surface area contributed by atoms with E-state index in [-0.39, 0.29) is 29.4 Å². The number of halogens is 1. The lowest BCUT2D eigenvalue weighted by Crippen LogP contribution is -2.68. The molecule has 2 fully saturated rings. The Morgan fingerprint density at radius 3 is 2.87 bits per heavy atom. The number of nitrogens with one attached hydrogen (secondary N) is 2. The van der Waals surface area contributed by atoms with Crippen molar-refractivity contribution in [2.24, 2.45) is 16.3 Å². The van der Waals surface area contributed by atoms with Gasteiger partial charge in [0.15, 0.2) is 5.96 Å². The number of aliphatic hydroxyl groups excluding tert-OH is 1. The van der Waals surface area contributed by atoms with Crippen molar-refractivity contribution in [1.82, 2.24) is 15.5 Å². The van der Waals surface area contributed by atoms with Crippen molar-refractivity contribution in [2.75, 3.05) is 32.8 Å². The molecule has 1 aromatic carbocycles.